The molecule has 2 atom stereocenters. The molecule has 1 saturated heterocycles. The highest BCUT2D eigenvalue weighted by atomic mass is 16.5. The number of likely N-dealkylation sites (tertiary alicyclic amines) is 1. The third-order valence-corrected chi connectivity index (χ3v) is 5.00. The van der Waals surface area contributed by atoms with E-state index in [9.17, 15) is 14.4 Å². The highest BCUT2D eigenvalue weighted by molar-refractivity contribution is 5.98. The molecule has 0 aliphatic carbocycles. The van der Waals surface area contributed by atoms with Crippen LogP contribution < -0.4 is 4.74 Å². The summed E-state index contributed by atoms with van der Waals surface area (Å²) in [5, 5.41) is 0. The highest BCUT2D eigenvalue weighted by Gasteiger charge is 2.38. The summed E-state index contributed by atoms with van der Waals surface area (Å²) in [6.07, 6.45) is 0.104. The van der Waals surface area contributed by atoms with Crippen LogP contribution in [-0.4, -0.2) is 42.8 Å². The molecule has 0 saturated carbocycles. The maximum atomic E-state index is 12.4. The van der Waals surface area contributed by atoms with E-state index in [2.05, 4.69) is 0 Å². The summed E-state index contributed by atoms with van der Waals surface area (Å²) in [4.78, 5) is 38.6. The maximum Gasteiger partial charge on any atom is 0.311 e. The van der Waals surface area contributed by atoms with Gasteiger partial charge in [0.25, 0.3) is 0 Å². The first-order valence-electron chi connectivity index (χ1n) is 9.18. The van der Waals surface area contributed by atoms with E-state index in [0.29, 0.717) is 17.9 Å². The number of nitrogens with zero attached hydrogens (tertiary/aromatic N) is 1. The molecule has 28 heavy (non-hydrogen) atoms. The van der Waals surface area contributed by atoms with Crippen molar-refractivity contribution in [3.8, 4) is 5.75 Å². The molecule has 1 fully saturated rings. The van der Waals surface area contributed by atoms with Crippen molar-refractivity contribution >= 4 is 17.7 Å². The molecule has 0 unspecified atom stereocenters. The number of hydrogen-bond acceptors (Lipinski definition) is 5. The third-order valence-electron chi connectivity index (χ3n) is 5.00. The van der Waals surface area contributed by atoms with Crippen molar-refractivity contribution in [2.45, 2.75) is 19.4 Å². The first kappa shape index (κ1) is 19.6. The zero-order chi connectivity index (χ0) is 20.1. The van der Waals surface area contributed by atoms with Crippen LogP contribution in [0.3, 0.4) is 0 Å². The molecule has 0 radical (unpaired) electrons. The molecule has 6 nitrogen and oxygen atoms in total. The van der Waals surface area contributed by atoms with Crippen LogP contribution in [0.25, 0.3) is 0 Å². The number of Topliss-reactive ketones (excluding diaryl/α,β-unsaturated/α-hetero) is 1. The van der Waals surface area contributed by atoms with Crippen LogP contribution in [0, 0.1) is 5.92 Å². The lowest BCUT2D eigenvalue weighted by Crippen LogP contribution is -2.30. The second kappa shape index (κ2) is 8.69. The number of hydrogen-bond donors (Lipinski definition) is 0. The Labute approximate surface area is 164 Å². The number of esters is 1. The van der Waals surface area contributed by atoms with E-state index in [1.807, 2.05) is 37.3 Å². The fourth-order valence-electron chi connectivity index (χ4n) is 3.29. The number of benzene rings is 2. The smallest absolute Gasteiger partial charge is 0.311 e. The number of ketones is 1. The van der Waals surface area contributed by atoms with Gasteiger partial charge in [-0.1, -0.05) is 30.3 Å². The molecule has 0 bridgehead atoms. The lowest BCUT2D eigenvalue weighted by atomic mass is 10.1. The zero-order valence-electron chi connectivity index (χ0n) is 16.0. The predicted octanol–water partition coefficient (Wildman–Crippen LogP) is 3.03. The van der Waals surface area contributed by atoms with Gasteiger partial charge in [0.2, 0.25) is 5.91 Å². The molecular formula is C22H23NO5. The number of methoxy groups -OCH3 is 1. The normalized spacial score (nSPS) is 17.3. The Hall–Kier alpha value is -3.15. The Kier molecular flexibility index (Phi) is 6.09. The quantitative estimate of drug-likeness (QED) is 0.544. The lowest BCUT2D eigenvalue weighted by Gasteiger charge is -2.25. The Morgan fingerprint density at radius 2 is 1.79 bits per heavy atom. The van der Waals surface area contributed by atoms with Gasteiger partial charge in [0.15, 0.2) is 12.4 Å². The van der Waals surface area contributed by atoms with E-state index >= 15 is 0 Å². The minimum Gasteiger partial charge on any atom is -0.497 e. The molecule has 1 heterocycles. The second-order valence-electron chi connectivity index (χ2n) is 6.79. The largest absolute Gasteiger partial charge is 0.497 e. The lowest BCUT2D eigenvalue weighted by molar-refractivity contribution is -0.147. The fraction of sp³-hybridized carbons (Fsp3) is 0.318. The Morgan fingerprint density at radius 3 is 2.43 bits per heavy atom. The molecule has 1 aliphatic heterocycles. The number of amides is 1. The molecule has 1 aliphatic rings. The number of carbonyl (C=O) groups excluding carboxylic acids is 3. The highest BCUT2D eigenvalue weighted by Crippen LogP contribution is 2.29. The van der Waals surface area contributed by atoms with E-state index in [1.165, 1.54) is 0 Å². The second-order valence-corrected chi connectivity index (χ2v) is 6.79. The van der Waals surface area contributed by atoms with E-state index in [1.54, 1.807) is 36.3 Å². The number of carbonyl (C=O) groups is 3. The Morgan fingerprint density at radius 1 is 1.11 bits per heavy atom. The van der Waals surface area contributed by atoms with Crippen LogP contribution in [-0.2, 0) is 14.3 Å². The van der Waals surface area contributed by atoms with Gasteiger partial charge in [-0.05, 0) is 36.8 Å². The molecule has 146 valence electrons. The topological polar surface area (TPSA) is 72.9 Å². The Bertz CT molecular complexity index is 847. The van der Waals surface area contributed by atoms with Crippen molar-refractivity contribution in [3.05, 3.63) is 65.7 Å². The van der Waals surface area contributed by atoms with Crippen LogP contribution >= 0.6 is 0 Å². The minimum atomic E-state index is -0.553. The average Bonchev–Trinajstić information content (AvgIpc) is 3.13. The van der Waals surface area contributed by atoms with Gasteiger partial charge in [-0.2, -0.15) is 0 Å². The summed E-state index contributed by atoms with van der Waals surface area (Å²) in [6, 6.07) is 16.1. The molecular weight excluding hydrogens is 358 g/mol. The van der Waals surface area contributed by atoms with Crippen molar-refractivity contribution in [2.75, 3.05) is 20.3 Å². The van der Waals surface area contributed by atoms with Crippen LogP contribution in [0.2, 0.25) is 0 Å². The van der Waals surface area contributed by atoms with Crippen LogP contribution in [0.15, 0.2) is 54.6 Å². The van der Waals surface area contributed by atoms with Gasteiger partial charge in [-0.15, -0.1) is 0 Å². The van der Waals surface area contributed by atoms with Gasteiger partial charge in [0.1, 0.15) is 5.75 Å². The SMILES string of the molecule is COc1ccc(C(=O)COC(=O)[C@H]2CC(=O)N([C@@H](C)c3ccccc3)C2)cc1. The van der Waals surface area contributed by atoms with Crippen molar-refractivity contribution in [3.63, 3.8) is 0 Å². The fourth-order valence-corrected chi connectivity index (χ4v) is 3.29. The van der Waals surface area contributed by atoms with Gasteiger partial charge < -0.3 is 14.4 Å². The third kappa shape index (κ3) is 4.39. The van der Waals surface area contributed by atoms with Crippen LogP contribution in [0.1, 0.15) is 35.3 Å². The van der Waals surface area contributed by atoms with E-state index in [0.717, 1.165) is 5.56 Å². The van der Waals surface area contributed by atoms with Gasteiger partial charge in [-0.25, -0.2) is 0 Å². The first-order valence-corrected chi connectivity index (χ1v) is 9.18. The standard InChI is InChI=1S/C22H23NO5/c1-15(16-6-4-3-5-7-16)23-13-18(12-21(23)25)22(26)28-14-20(24)17-8-10-19(27-2)11-9-17/h3-11,15,18H,12-14H2,1-2H3/t15-,18-/m0/s1. The molecule has 1 amide bonds. The zero-order valence-corrected chi connectivity index (χ0v) is 16.0. The van der Waals surface area contributed by atoms with Crippen LogP contribution in [0.4, 0.5) is 0 Å². The van der Waals surface area contributed by atoms with Gasteiger partial charge in [0.05, 0.1) is 19.1 Å². The molecule has 0 N–H and O–H groups in total. The summed E-state index contributed by atoms with van der Waals surface area (Å²) in [5.74, 6) is -0.805. The molecule has 0 spiro atoms. The van der Waals surface area contributed by atoms with E-state index in [-0.39, 0.29) is 30.8 Å². The molecule has 0 aromatic heterocycles. The van der Waals surface area contributed by atoms with Gasteiger partial charge in [0, 0.05) is 18.5 Å². The Balaban J connectivity index is 1.55. The number of ether oxygens (including phenoxy) is 2. The predicted molar refractivity (Wildman–Crippen MR) is 103 cm³/mol. The summed E-state index contributed by atoms with van der Waals surface area (Å²) >= 11 is 0. The van der Waals surface area contributed by atoms with Crippen molar-refractivity contribution in [1.82, 2.24) is 4.90 Å². The molecule has 3 rings (SSSR count). The summed E-state index contributed by atoms with van der Waals surface area (Å²) < 4.78 is 10.2. The maximum absolute atomic E-state index is 12.4. The van der Waals surface area contributed by atoms with E-state index < -0.39 is 11.9 Å². The molecule has 2 aromatic rings. The van der Waals surface area contributed by atoms with E-state index in [4.69, 9.17) is 9.47 Å². The van der Waals surface area contributed by atoms with Crippen molar-refractivity contribution in [2.24, 2.45) is 5.92 Å². The van der Waals surface area contributed by atoms with Gasteiger partial charge in [-0.3, -0.25) is 14.4 Å². The number of rotatable bonds is 7. The summed E-state index contributed by atoms with van der Waals surface area (Å²) in [5.41, 5.74) is 1.45. The summed E-state index contributed by atoms with van der Waals surface area (Å²) in [7, 11) is 1.55. The summed E-state index contributed by atoms with van der Waals surface area (Å²) in [6.45, 7) is 1.89. The first-order chi connectivity index (χ1) is 13.5. The van der Waals surface area contributed by atoms with Gasteiger partial charge >= 0.3 is 5.97 Å². The van der Waals surface area contributed by atoms with Crippen LogP contribution in [0.5, 0.6) is 5.75 Å². The van der Waals surface area contributed by atoms with Crippen molar-refractivity contribution in [1.29, 1.82) is 0 Å². The van der Waals surface area contributed by atoms with Crippen molar-refractivity contribution < 1.29 is 23.9 Å². The monoisotopic (exact) mass is 381 g/mol. The molecule has 2 aromatic carbocycles. The molecule has 6 heteroatoms. The average molecular weight is 381 g/mol. The minimum absolute atomic E-state index is 0.0835.